The summed E-state index contributed by atoms with van der Waals surface area (Å²) in [6, 6.07) is 1.54. The Balaban J connectivity index is 3.51. The fraction of sp³-hybridized carbons (Fsp3) is 0.222. The smallest absolute Gasteiger partial charge is 0.266 e. The number of nitrogens with zero attached hydrogens (tertiary/aromatic N) is 2. The Morgan fingerprint density at radius 2 is 2.27 bits per heavy atom. The molecule has 3 nitrogen and oxygen atoms in total. The molecule has 1 aromatic heterocycles. The predicted octanol–water partition coefficient (Wildman–Crippen LogP) is 2.58. The zero-order valence-corrected chi connectivity index (χ0v) is 8.35. The summed E-state index contributed by atoms with van der Waals surface area (Å²) in [5.41, 5.74) is -1.03. The lowest BCUT2D eigenvalue weighted by Gasteiger charge is -2.08. The Kier molecular flexibility index (Phi) is 3.32. The van der Waals surface area contributed by atoms with Gasteiger partial charge in [-0.25, -0.2) is 13.8 Å². The summed E-state index contributed by atoms with van der Waals surface area (Å²) in [5, 5.41) is 7.69. The minimum Gasteiger partial charge on any atom is -0.276 e. The monoisotopic (exact) mass is 230 g/mol. The third kappa shape index (κ3) is 2.10. The molecule has 6 heteroatoms. The lowest BCUT2D eigenvalue weighted by atomic mass is 10.0. The molecule has 0 aromatic carbocycles. The van der Waals surface area contributed by atoms with Gasteiger partial charge in [0.25, 0.3) is 11.7 Å². The molecule has 0 bridgehead atoms. The van der Waals surface area contributed by atoms with E-state index >= 15 is 0 Å². The first-order valence-electron chi connectivity index (χ1n) is 3.86. The molecule has 0 atom stereocenters. The van der Waals surface area contributed by atoms with Crippen LogP contribution in [-0.4, -0.2) is 10.2 Å². The predicted molar refractivity (Wildman–Crippen MR) is 48.8 cm³/mol. The molecule has 0 aliphatic rings. The summed E-state index contributed by atoms with van der Waals surface area (Å²) >= 11 is 5.17. The van der Waals surface area contributed by atoms with Crippen molar-refractivity contribution in [3.63, 3.8) is 0 Å². The van der Waals surface area contributed by atoms with Crippen LogP contribution in [0.4, 0.5) is 8.78 Å². The summed E-state index contributed by atoms with van der Waals surface area (Å²) in [5.74, 6) is 0. The maximum Gasteiger partial charge on any atom is 0.266 e. The summed E-state index contributed by atoms with van der Waals surface area (Å²) in [4.78, 5) is 14.3. The molecular weight excluding hydrogens is 226 g/mol. The van der Waals surface area contributed by atoms with Crippen LogP contribution < -0.4 is 0 Å². The first-order chi connectivity index (χ1) is 6.99. The molecule has 15 heavy (non-hydrogen) atoms. The van der Waals surface area contributed by atoms with Crippen molar-refractivity contribution >= 4 is 16.8 Å². The average molecular weight is 231 g/mol. The molecule has 1 aromatic rings. The van der Waals surface area contributed by atoms with Gasteiger partial charge in [-0.3, -0.25) is 4.79 Å². The van der Waals surface area contributed by atoms with Crippen LogP contribution in [0.5, 0.6) is 0 Å². The van der Waals surface area contributed by atoms with Gasteiger partial charge in [-0.1, -0.05) is 0 Å². The number of halogens is 3. The van der Waals surface area contributed by atoms with E-state index in [-0.39, 0.29) is 16.8 Å². The van der Waals surface area contributed by atoms with Gasteiger partial charge < -0.3 is 0 Å². The van der Waals surface area contributed by atoms with E-state index < -0.39 is 17.2 Å². The Bertz CT molecular complexity index is 454. The molecule has 0 N–H and O–H groups in total. The number of rotatable bonds is 2. The maximum absolute atomic E-state index is 12.6. The van der Waals surface area contributed by atoms with Crippen LogP contribution >= 0.6 is 11.6 Å². The highest BCUT2D eigenvalue weighted by Crippen LogP contribution is 2.27. The van der Waals surface area contributed by atoms with Crippen molar-refractivity contribution in [3.8, 4) is 6.07 Å². The van der Waals surface area contributed by atoms with Crippen LogP contribution in [-0.2, 0) is 0 Å². The van der Waals surface area contributed by atoms with E-state index in [4.69, 9.17) is 16.9 Å². The van der Waals surface area contributed by atoms with Gasteiger partial charge in [0, 0.05) is 6.20 Å². The number of nitriles is 1. The van der Waals surface area contributed by atoms with Crippen LogP contribution in [0.2, 0.25) is 0 Å². The van der Waals surface area contributed by atoms with Crippen molar-refractivity contribution < 1.29 is 13.6 Å². The van der Waals surface area contributed by atoms with Gasteiger partial charge in [0.15, 0.2) is 0 Å². The highest BCUT2D eigenvalue weighted by molar-refractivity contribution is 6.67. The van der Waals surface area contributed by atoms with Crippen LogP contribution in [0.1, 0.15) is 33.6 Å². The van der Waals surface area contributed by atoms with Gasteiger partial charge in [0.2, 0.25) is 0 Å². The van der Waals surface area contributed by atoms with Crippen LogP contribution in [0.3, 0.4) is 0 Å². The number of carbonyl (C=O) groups excluding carboxylic acids is 1. The second kappa shape index (κ2) is 4.32. The zero-order valence-electron chi connectivity index (χ0n) is 7.59. The molecule has 0 spiro atoms. The lowest BCUT2D eigenvalue weighted by molar-refractivity contribution is 0.107. The standard InChI is InChI=1S/C9H5ClF2N2O/c1-4-5(8(10)15)3-14-6(2-13)7(4)9(11)12/h3,9H,1H3. The van der Waals surface area contributed by atoms with E-state index in [2.05, 4.69) is 4.98 Å². The third-order valence-corrected chi connectivity index (χ3v) is 2.13. The quantitative estimate of drug-likeness (QED) is 0.734. The molecule has 0 aliphatic heterocycles. The number of aromatic nitrogens is 1. The first kappa shape index (κ1) is 11.5. The first-order valence-corrected chi connectivity index (χ1v) is 4.24. The van der Waals surface area contributed by atoms with Gasteiger partial charge in [-0.15, -0.1) is 0 Å². The minimum absolute atomic E-state index is 0.00319. The normalized spacial score (nSPS) is 10.1. The van der Waals surface area contributed by atoms with E-state index in [1.807, 2.05) is 0 Å². The third-order valence-electron chi connectivity index (χ3n) is 1.92. The Morgan fingerprint density at radius 3 is 2.67 bits per heavy atom. The maximum atomic E-state index is 12.6. The zero-order chi connectivity index (χ0) is 11.6. The molecule has 0 aliphatic carbocycles. The molecule has 0 saturated carbocycles. The Labute approximate surface area is 89.3 Å². The second-order valence-corrected chi connectivity index (χ2v) is 3.09. The van der Waals surface area contributed by atoms with Crippen molar-refractivity contribution in [1.29, 1.82) is 5.26 Å². The van der Waals surface area contributed by atoms with Gasteiger partial charge in [-0.05, 0) is 24.1 Å². The van der Waals surface area contributed by atoms with Gasteiger partial charge >= 0.3 is 0 Å². The molecule has 0 unspecified atom stereocenters. The van der Waals surface area contributed by atoms with E-state index in [0.29, 0.717) is 0 Å². The number of alkyl halides is 2. The number of carbonyl (C=O) groups is 1. The van der Waals surface area contributed by atoms with Crippen LogP contribution in [0.25, 0.3) is 0 Å². The molecule has 0 radical (unpaired) electrons. The summed E-state index contributed by atoms with van der Waals surface area (Å²) in [6.07, 6.45) is -1.84. The number of hydrogen-bond acceptors (Lipinski definition) is 3. The fourth-order valence-corrected chi connectivity index (χ4v) is 1.36. The van der Waals surface area contributed by atoms with Crippen molar-refractivity contribution in [2.45, 2.75) is 13.3 Å². The molecular formula is C9H5ClF2N2O. The molecule has 0 saturated heterocycles. The summed E-state index contributed by atoms with van der Waals surface area (Å²) in [6.45, 7) is 1.31. The Hall–Kier alpha value is -1.54. The highest BCUT2D eigenvalue weighted by Gasteiger charge is 2.21. The van der Waals surface area contributed by atoms with E-state index in [9.17, 15) is 13.6 Å². The average Bonchev–Trinajstić information content (AvgIpc) is 2.15. The number of hydrogen-bond donors (Lipinski definition) is 0. The van der Waals surface area contributed by atoms with Crippen molar-refractivity contribution in [2.75, 3.05) is 0 Å². The summed E-state index contributed by atoms with van der Waals surface area (Å²) in [7, 11) is 0. The molecule has 0 amide bonds. The topological polar surface area (TPSA) is 53.8 Å². The molecule has 78 valence electrons. The van der Waals surface area contributed by atoms with Crippen molar-refractivity contribution in [3.05, 3.63) is 28.6 Å². The Morgan fingerprint density at radius 1 is 1.67 bits per heavy atom. The van der Waals surface area contributed by atoms with Crippen LogP contribution in [0, 0.1) is 18.3 Å². The largest absolute Gasteiger partial charge is 0.276 e. The second-order valence-electron chi connectivity index (χ2n) is 2.75. The van der Waals surface area contributed by atoms with E-state index in [1.165, 1.54) is 13.0 Å². The molecule has 1 rings (SSSR count). The lowest BCUT2D eigenvalue weighted by Crippen LogP contribution is -2.04. The van der Waals surface area contributed by atoms with Gasteiger partial charge in [0.05, 0.1) is 11.1 Å². The van der Waals surface area contributed by atoms with E-state index in [1.54, 1.807) is 0 Å². The molecule has 1 heterocycles. The highest BCUT2D eigenvalue weighted by atomic mass is 35.5. The number of pyridine rings is 1. The fourth-order valence-electron chi connectivity index (χ4n) is 1.17. The molecule has 0 fully saturated rings. The van der Waals surface area contributed by atoms with E-state index in [0.717, 1.165) is 6.20 Å². The SMILES string of the molecule is Cc1c(C(=O)Cl)cnc(C#N)c1C(F)F. The van der Waals surface area contributed by atoms with Gasteiger partial charge in [0.1, 0.15) is 11.8 Å². The van der Waals surface area contributed by atoms with Gasteiger partial charge in [-0.2, -0.15) is 5.26 Å². The van der Waals surface area contributed by atoms with Crippen molar-refractivity contribution in [2.24, 2.45) is 0 Å². The summed E-state index contributed by atoms with van der Waals surface area (Å²) < 4.78 is 25.1. The minimum atomic E-state index is -2.86. The van der Waals surface area contributed by atoms with Crippen LogP contribution in [0.15, 0.2) is 6.20 Å². The van der Waals surface area contributed by atoms with Crippen molar-refractivity contribution in [1.82, 2.24) is 4.98 Å².